The summed E-state index contributed by atoms with van der Waals surface area (Å²) in [5.74, 6) is 1.68. The van der Waals surface area contributed by atoms with Crippen molar-refractivity contribution in [2.45, 2.75) is 43.9 Å². The van der Waals surface area contributed by atoms with Gasteiger partial charge in [-0.3, -0.25) is 20.4 Å². The molecule has 2 N–H and O–H groups in total. The van der Waals surface area contributed by atoms with Crippen molar-refractivity contribution in [1.82, 2.24) is 15.8 Å². The van der Waals surface area contributed by atoms with Crippen LogP contribution in [-0.2, 0) is 5.41 Å². The van der Waals surface area contributed by atoms with Gasteiger partial charge in [-0.1, -0.05) is 54.6 Å². The summed E-state index contributed by atoms with van der Waals surface area (Å²) in [5.41, 5.74) is 8.38. The van der Waals surface area contributed by atoms with E-state index in [9.17, 15) is 9.59 Å². The predicted octanol–water partition coefficient (Wildman–Crippen LogP) is 5.93. The van der Waals surface area contributed by atoms with Crippen LogP contribution in [0.1, 0.15) is 64.9 Å². The summed E-state index contributed by atoms with van der Waals surface area (Å²) in [7, 11) is 0. The fourth-order valence-electron chi connectivity index (χ4n) is 7.84. The van der Waals surface area contributed by atoms with E-state index in [1.54, 1.807) is 6.07 Å². The maximum absolute atomic E-state index is 13.3. The van der Waals surface area contributed by atoms with E-state index in [2.05, 4.69) is 23.0 Å². The summed E-state index contributed by atoms with van der Waals surface area (Å²) in [5, 5.41) is 2.99. The Morgan fingerprint density at radius 1 is 0.722 bits per heavy atom. The lowest BCUT2D eigenvalue weighted by molar-refractivity contribution is -0.00454. The molecule has 0 saturated heterocycles. The highest BCUT2D eigenvalue weighted by molar-refractivity contribution is 6.08. The Kier molecular flexibility index (Phi) is 4.88. The number of rotatable bonds is 3. The van der Waals surface area contributed by atoms with Gasteiger partial charge in [0.25, 0.3) is 11.8 Å². The normalized spacial score (nSPS) is 26.3. The first-order valence-electron chi connectivity index (χ1n) is 13.1. The van der Waals surface area contributed by atoms with Crippen molar-refractivity contribution in [3.8, 4) is 0 Å². The molecule has 4 saturated carbocycles. The zero-order valence-electron chi connectivity index (χ0n) is 20.2. The van der Waals surface area contributed by atoms with Gasteiger partial charge in [0.05, 0.1) is 5.52 Å². The van der Waals surface area contributed by atoms with E-state index in [4.69, 9.17) is 4.98 Å². The van der Waals surface area contributed by atoms with Crippen molar-refractivity contribution in [2.75, 3.05) is 0 Å². The molecule has 0 atom stereocenters. The summed E-state index contributed by atoms with van der Waals surface area (Å²) in [4.78, 5) is 30.9. The first-order valence-corrected chi connectivity index (χ1v) is 13.1. The molecule has 3 aromatic carbocycles. The van der Waals surface area contributed by atoms with E-state index in [-0.39, 0.29) is 17.2 Å². The smallest absolute Gasteiger partial charge is 0.267 e. The van der Waals surface area contributed by atoms with Gasteiger partial charge >= 0.3 is 0 Å². The van der Waals surface area contributed by atoms with Gasteiger partial charge in [-0.2, -0.15) is 0 Å². The number of benzene rings is 3. The number of nitrogens with zero attached hydrogens (tertiary/aromatic N) is 1. The highest BCUT2D eigenvalue weighted by Gasteiger charge is 2.52. The third-order valence-corrected chi connectivity index (χ3v) is 8.88. The second-order valence-electron chi connectivity index (χ2n) is 11.2. The molecule has 0 radical (unpaired) electrons. The summed E-state index contributed by atoms with van der Waals surface area (Å²) >= 11 is 0. The van der Waals surface area contributed by atoms with Crippen LogP contribution < -0.4 is 10.9 Å². The number of hydrazine groups is 1. The van der Waals surface area contributed by atoms with Crippen LogP contribution in [0.25, 0.3) is 21.7 Å². The SMILES string of the molecule is O=C(NNC(=O)c1cccc2ccccc12)c1cc(C23CC4CC(CC(C4)C2)C3)c2ccccc2n1. The lowest BCUT2D eigenvalue weighted by atomic mass is 9.48. The van der Waals surface area contributed by atoms with Crippen LogP contribution in [0.2, 0.25) is 0 Å². The van der Waals surface area contributed by atoms with E-state index in [0.717, 1.165) is 39.4 Å². The molecule has 4 aliphatic carbocycles. The van der Waals surface area contributed by atoms with E-state index < -0.39 is 0 Å². The lowest BCUT2D eigenvalue weighted by Crippen LogP contribution is -2.48. The summed E-state index contributed by atoms with van der Waals surface area (Å²) in [6, 6.07) is 23.5. The maximum Gasteiger partial charge on any atom is 0.288 e. The van der Waals surface area contributed by atoms with Crippen molar-refractivity contribution in [2.24, 2.45) is 17.8 Å². The second kappa shape index (κ2) is 8.16. The van der Waals surface area contributed by atoms with Gasteiger partial charge in [-0.25, -0.2) is 4.98 Å². The van der Waals surface area contributed by atoms with Gasteiger partial charge in [0.15, 0.2) is 0 Å². The molecule has 4 fully saturated rings. The minimum absolute atomic E-state index is 0.137. The van der Waals surface area contributed by atoms with Crippen LogP contribution in [0.5, 0.6) is 0 Å². The van der Waals surface area contributed by atoms with Crippen LogP contribution >= 0.6 is 0 Å². The lowest BCUT2D eigenvalue weighted by Gasteiger charge is -2.57. The van der Waals surface area contributed by atoms with Crippen LogP contribution in [0.3, 0.4) is 0 Å². The Bertz CT molecular complexity index is 1480. The highest BCUT2D eigenvalue weighted by Crippen LogP contribution is 2.61. The van der Waals surface area contributed by atoms with Crippen LogP contribution in [-0.4, -0.2) is 16.8 Å². The van der Waals surface area contributed by atoms with Crippen LogP contribution in [0.15, 0.2) is 72.8 Å². The molecule has 8 rings (SSSR count). The average Bonchev–Trinajstić information content (AvgIpc) is 2.89. The maximum atomic E-state index is 13.3. The molecule has 0 unspecified atom stereocenters. The molecule has 4 aliphatic rings. The minimum atomic E-state index is -0.389. The number of fused-ring (bicyclic) bond motifs is 2. The fourth-order valence-corrected chi connectivity index (χ4v) is 7.84. The first-order chi connectivity index (χ1) is 17.6. The molecule has 2 amide bonds. The van der Waals surface area contributed by atoms with Crippen molar-refractivity contribution in [1.29, 1.82) is 0 Å². The molecule has 5 heteroatoms. The molecule has 36 heavy (non-hydrogen) atoms. The Balaban J connectivity index is 1.20. The summed E-state index contributed by atoms with van der Waals surface area (Å²) in [6.45, 7) is 0. The third kappa shape index (κ3) is 3.48. The number of carbonyl (C=O) groups excluding carboxylic acids is 2. The number of nitrogens with one attached hydrogen (secondary N) is 2. The number of hydrogen-bond acceptors (Lipinski definition) is 3. The van der Waals surface area contributed by atoms with Crippen LogP contribution in [0.4, 0.5) is 0 Å². The molecule has 180 valence electrons. The number of aromatic nitrogens is 1. The monoisotopic (exact) mass is 475 g/mol. The van der Waals surface area contributed by atoms with Gasteiger partial charge < -0.3 is 0 Å². The van der Waals surface area contributed by atoms with Gasteiger partial charge in [0, 0.05) is 10.9 Å². The van der Waals surface area contributed by atoms with Crippen molar-refractivity contribution < 1.29 is 9.59 Å². The summed E-state index contributed by atoms with van der Waals surface area (Å²) in [6.07, 6.45) is 7.76. The van der Waals surface area contributed by atoms with E-state index in [1.165, 1.54) is 44.1 Å². The van der Waals surface area contributed by atoms with E-state index in [1.807, 2.05) is 54.6 Å². The topological polar surface area (TPSA) is 71.1 Å². The third-order valence-electron chi connectivity index (χ3n) is 8.88. The standard InChI is InChI=1S/C31H29N3O2/c35-29(24-10-5-7-22-6-1-2-8-23(22)24)33-34-30(36)28-15-26(25-9-3-4-11-27(25)32-28)31-16-19-12-20(17-31)14-21(13-19)18-31/h1-11,15,19-21H,12-14,16-18H2,(H,33,35)(H,34,36). The van der Waals surface area contributed by atoms with Crippen molar-refractivity contribution in [3.63, 3.8) is 0 Å². The van der Waals surface area contributed by atoms with E-state index >= 15 is 0 Å². The van der Waals surface area contributed by atoms with Crippen molar-refractivity contribution in [3.05, 3.63) is 89.6 Å². The molecule has 1 aromatic heterocycles. The van der Waals surface area contributed by atoms with Gasteiger partial charge in [0.1, 0.15) is 5.69 Å². The van der Waals surface area contributed by atoms with Crippen molar-refractivity contribution >= 4 is 33.5 Å². The number of para-hydroxylation sites is 1. The first kappa shape index (κ1) is 21.5. The Labute approximate surface area is 210 Å². The number of hydrogen-bond donors (Lipinski definition) is 2. The van der Waals surface area contributed by atoms with Gasteiger partial charge in [-0.15, -0.1) is 0 Å². The Hall–Kier alpha value is -3.73. The van der Waals surface area contributed by atoms with Gasteiger partial charge in [-0.05, 0) is 96.2 Å². The quantitative estimate of drug-likeness (QED) is 0.361. The average molecular weight is 476 g/mol. The number of carbonyl (C=O) groups is 2. The molecule has 0 spiro atoms. The fraction of sp³-hybridized carbons (Fsp3) is 0.323. The van der Waals surface area contributed by atoms with Gasteiger partial charge in [0.2, 0.25) is 0 Å². The summed E-state index contributed by atoms with van der Waals surface area (Å²) < 4.78 is 0. The second-order valence-corrected chi connectivity index (χ2v) is 11.2. The number of amides is 2. The molecule has 4 aromatic rings. The highest BCUT2D eigenvalue weighted by atomic mass is 16.2. The Morgan fingerprint density at radius 3 is 2.08 bits per heavy atom. The minimum Gasteiger partial charge on any atom is -0.267 e. The van der Waals surface area contributed by atoms with Crippen LogP contribution in [0, 0.1) is 17.8 Å². The zero-order chi connectivity index (χ0) is 24.3. The predicted molar refractivity (Wildman–Crippen MR) is 140 cm³/mol. The molecule has 1 heterocycles. The van der Waals surface area contributed by atoms with E-state index in [0.29, 0.717) is 11.3 Å². The Morgan fingerprint density at radius 2 is 1.33 bits per heavy atom. The number of pyridine rings is 1. The molecule has 4 bridgehead atoms. The molecule has 0 aliphatic heterocycles. The molecule has 5 nitrogen and oxygen atoms in total. The molecular weight excluding hydrogens is 446 g/mol. The zero-order valence-corrected chi connectivity index (χ0v) is 20.2. The largest absolute Gasteiger partial charge is 0.288 e. The molecular formula is C31H29N3O2.